The summed E-state index contributed by atoms with van der Waals surface area (Å²) >= 11 is 0. The highest BCUT2D eigenvalue weighted by Crippen LogP contribution is 2.28. The first kappa shape index (κ1) is 16.8. The first-order valence-electron chi connectivity index (χ1n) is 9.30. The van der Waals surface area contributed by atoms with Gasteiger partial charge in [-0.25, -0.2) is 9.97 Å². The summed E-state index contributed by atoms with van der Waals surface area (Å²) in [6.45, 7) is 8.28. The molecule has 4 rings (SSSR count). The summed E-state index contributed by atoms with van der Waals surface area (Å²) in [5.41, 5.74) is 4.83. The predicted octanol–water partition coefficient (Wildman–Crippen LogP) is 4.60. The van der Waals surface area contributed by atoms with E-state index < -0.39 is 0 Å². The van der Waals surface area contributed by atoms with Gasteiger partial charge in [0.25, 0.3) is 0 Å². The lowest BCUT2D eigenvalue weighted by molar-refractivity contribution is 0.170. The number of aromatic nitrogens is 2. The Morgan fingerprint density at radius 1 is 0.923 bits per heavy atom. The van der Waals surface area contributed by atoms with Crippen molar-refractivity contribution >= 4 is 16.7 Å². The second-order valence-electron chi connectivity index (χ2n) is 7.27. The van der Waals surface area contributed by atoms with Gasteiger partial charge in [-0.3, -0.25) is 0 Å². The highest BCUT2D eigenvalue weighted by molar-refractivity contribution is 5.89. The zero-order valence-corrected chi connectivity index (χ0v) is 15.7. The molecule has 2 heterocycles. The zero-order valence-electron chi connectivity index (χ0n) is 15.7. The van der Waals surface area contributed by atoms with Gasteiger partial charge in [0.2, 0.25) is 0 Å². The number of hydrogen-bond donors (Lipinski definition) is 0. The summed E-state index contributed by atoms with van der Waals surface area (Å²) in [5.74, 6) is 2.03. The van der Waals surface area contributed by atoms with Crippen LogP contribution < -0.4 is 9.64 Å². The van der Waals surface area contributed by atoms with Crippen LogP contribution in [0.1, 0.15) is 29.5 Å². The summed E-state index contributed by atoms with van der Waals surface area (Å²) in [6.07, 6.45) is 3.95. The van der Waals surface area contributed by atoms with Gasteiger partial charge in [0.05, 0.1) is 5.52 Å². The smallest absolute Gasteiger partial charge is 0.139 e. The second kappa shape index (κ2) is 6.94. The average molecular weight is 347 g/mol. The Kier molecular flexibility index (Phi) is 4.49. The molecule has 1 saturated heterocycles. The summed E-state index contributed by atoms with van der Waals surface area (Å²) < 4.78 is 6.22. The first-order valence-corrected chi connectivity index (χ1v) is 9.30. The van der Waals surface area contributed by atoms with Crippen molar-refractivity contribution in [2.24, 2.45) is 0 Å². The monoisotopic (exact) mass is 347 g/mol. The maximum absolute atomic E-state index is 6.22. The number of anilines is 1. The van der Waals surface area contributed by atoms with Crippen molar-refractivity contribution in [3.05, 3.63) is 59.4 Å². The van der Waals surface area contributed by atoms with E-state index in [2.05, 4.69) is 72.0 Å². The van der Waals surface area contributed by atoms with Crippen LogP contribution in [0, 0.1) is 20.8 Å². The summed E-state index contributed by atoms with van der Waals surface area (Å²) in [6, 6.07) is 12.7. The fraction of sp³-hybridized carbons (Fsp3) is 0.364. The molecule has 0 bridgehead atoms. The molecule has 1 aliphatic heterocycles. The molecule has 0 unspecified atom stereocenters. The molecule has 4 heteroatoms. The van der Waals surface area contributed by atoms with Crippen molar-refractivity contribution < 1.29 is 4.74 Å². The molecule has 0 spiro atoms. The van der Waals surface area contributed by atoms with Crippen LogP contribution >= 0.6 is 0 Å². The number of fused-ring (bicyclic) bond motifs is 1. The van der Waals surface area contributed by atoms with Crippen LogP contribution in [0.15, 0.2) is 42.7 Å². The standard InChI is InChI=1S/C22H25N3O/c1-15-4-7-21-20(12-15)22(24-14-23-21)25-10-8-18(9-11-25)26-19-6-5-16(2)17(3)13-19/h4-7,12-14,18H,8-11H2,1-3H3. The highest BCUT2D eigenvalue weighted by atomic mass is 16.5. The fourth-order valence-corrected chi connectivity index (χ4v) is 3.57. The van der Waals surface area contributed by atoms with Crippen molar-refractivity contribution in [2.75, 3.05) is 18.0 Å². The van der Waals surface area contributed by atoms with E-state index in [1.807, 2.05) is 0 Å². The number of nitrogens with zero attached hydrogens (tertiary/aromatic N) is 3. The molecule has 0 saturated carbocycles. The van der Waals surface area contributed by atoms with E-state index in [4.69, 9.17) is 4.74 Å². The number of aryl methyl sites for hydroxylation is 3. The van der Waals surface area contributed by atoms with Crippen LogP contribution in [-0.4, -0.2) is 29.2 Å². The Morgan fingerprint density at radius 2 is 1.73 bits per heavy atom. The van der Waals surface area contributed by atoms with E-state index in [9.17, 15) is 0 Å². The predicted molar refractivity (Wildman–Crippen MR) is 106 cm³/mol. The quantitative estimate of drug-likeness (QED) is 0.694. The van der Waals surface area contributed by atoms with Gasteiger partial charge in [0.15, 0.2) is 0 Å². The largest absolute Gasteiger partial charge is 0.490 e. The molecule has 0 radical (unpaired) electrons. The van der Waals surface area contributed by atoms with Gasteiger partial charge in [-0.1, -0.05) is 17.7 Å². The molecular formula is C22H25N3O. The molecule has 1 aromatic heterocycles. The SMILES string of the molecule is Cc1ccc2ncnc(N3CCC(Oc4ccc(C)c(C)c4)CC3)c2c1. The number of benzene rings is 2. The van der Waals surface area contributed by atoms with Crippen molar-refractivity contribution in [1.82, 2.24) is 9.97 Å². The number of hydrogen-bond acceptors (Lipinski definition) is 4. The minimum atomic E-state index is 0.267. The van der Waals surface area contributed by atoms with Crippen molar-refractivity contribution in [3.8, 4) is 5.75 Å². The third-order valence-electron chi connectivity index (χ3n) is 5.29. The molecule has 4 nitrogen and oxygen atoms in total. The minimum absolute atomic E-state index is 0.267. The van der Waals surface area contributed by atoms with Crippen molar-refractivity contribution in [1.29, 1.82) is 0 Å². The number of ether oxygens (including phenoxy) is 1. The maximum Gasteiger partial charge on any atom is 0.139 e. The fourth-order valence-electron chi connectivity index (χ4n) is 3.57. The van der Waals surface area contributed by atoms with E-state index in [1.54, 1.807) is 6.33 Å². The summed E-state index contributed by atoms with van der Waals surface area (Å²) in [5, 5.41) is 1.14. The Bertz CT molecular complexity index is 930. The van der Waals surface area contributed by atoms with Gasteiger partial charge in [-0.15, -0.1) is 0 Å². The van der Waals surface area contributed by atoms with Gasteiger partial charge in [-0.05, 0) is 56.2 Å². The Morgan fingerprint density at radius 3 is 2.50 bits per heavy atom. The lowest BCUT2D eigenvalue weighted by Crippen LogP contribution is -2.38. The lowest BCUT2D eigenvalue weighted by atomic mass is 10.1. The molecule has 0 amide bonds. The van der Waals surface area contributed by atoms with Crippen LogP contribution in [-0.2, 0) is 0 Å². The molecule has 26 heavy (non-hydrogen) atoms. The third kappa shape index (κ3) is 3.36. The van der Waals surface area contributed by atoms with Crippen LogP contribution in [0.25, 0.3) is 10.9 Å². The molecule has 0 atom stereocenters. The average Bonchev–Trinajstić information content (AvgIpc) is 2.65. The number of piperidine rings is 1. The minimum Gasteiger partial charge on any atom is -0.490 e. The third-order valence-corrected chi connectivity index (χ3v) is 5.29. The Hall–Kier alpha value is -2.62. The highest BCUT2D eigenvalue weighted by Gasteiger charge is 2.23. The summed E-state index contributed by atoms with van der Waals surface area (Å²) in [4.78, 5) is 11.3. The Labute approximate surface area is 154 Å². The van der Waals surface area contributed by atoms with Crippen LogP contribution in [0.2, 0.25) is 0 Å². The van der Waals surface area contributed by atoms with E-state index in [0.29, 0.717) is 0 Å². The maximum atomic E-state index is 6.22. The van der Waals surface area contributed by atoms with E-state index in [-0.39, 0.29) is 6.10 Å². The Balaban J connectivity index is 1.47. The first-order chi connectivity index (χ1) is 12.6. The van der Waals surface area contributed by atoms with E-state index >= 15 is 0 Å². The van der Waals surface area contributed by atoms with Crippen LogP contribution in [0.4, 0.5) is 5.82 Å². The zero-order chi connectivity index (χ0) is 18.1. The topological polar surface area (TPSA) is 38.2 Å². The van der Waals surface area contributed by atoms with Gasteiger partial charge in [0.1, 0.15) is 24.0 Å². The molecule has 1 aliphatic rings. The van der Waals surface area contributed by atoms with Gasteiger partial charge >= 0.3 is 0 Å². The van der Waals surface area contributed by atoms with Gasteiger partial charge in [-0.2, -0.15) is 0 Å². The van der Waals surface area contributed by atoms with E-state index in [0.717, 1.165) is 48.4 Å². The molecule has 134 valence electrons. The molecule has 1 fully saturated rings. The normalized spacial score (nSPS) is 15.4. The van der Waals surface area contributed by atoms with Crippen molar-refractivity contribution in [3.63, 3.8) is 0 Å². The second-order valence-corrected chi connectivity index (χ2v) is 7.27. The van der Waals surface area contributed by atoms with Gasteiger partial charge in [0, 0.05) is 31.3 Å². The lowest BCUT2D eigenvalue weighted by Gasteiger charge is -2.33. The molecule has 2 aromatic carbocycles. The number of rotatable bonds is 3. The molecular weight excluding hydrogens is 322 g/mol. The van der Waals surface area contributed by atoms with Crippen molar-refractivity contribution in [2.45, 2.75) is 39.7 Å². The van der Waals surface area contributed by atoms with E-state index in [1.165, 1.54) is 16.7 Å². The van der Waals surface area contributed by atoms with Crippen LogP contribution in [0.5, 0.6) is 5.75 Å². The molecule has 0 aliphatic carbocycles. The molecule has 0 N–H and O–H groups in total. The molecule has 3 aromatic rings. The summed E-state index contributed by atoms with van der Waals surface area (Å²) in [7, 11) is 0. The van der Waals surface area contributed by atoms with Gasteiger partial charge < -0.3 is 9.64 Å². The van der Waals surface area contributed by atoms with Crippen LogP contribution in [0.3, 0.4) is 0 Å².